The van der Waals surface area contributed by atoms with Gasteiger partial charge in [-0.3, -0.25) is 30.7 Å². The minimum atomic E-state index is -0.629. The molecule has 1 amide bonds. The van der Waals surface area contributed by atoms with E-state index in [1.807, 2.05) is 0 Å². The van der Waals surface area contributed by atoms with Gasteiger partial charge in [-0.05, 0) is 18.2 Å². The maximum Gasteiger partial charge on any atom is 0.354 e. The van der Waals surface area contributed by atoms with Crippen LogP contribution in [0.1, 0.15) is 0 Å². The van der Waals surface area contributed by atoms with Crippen molar-refractivity contribution in [2.24, 2.45) is 0 Å². The lowest BCUT2D eigenvalue weighted by molar-refractivity contribution is -0.383. The van der Waals surface area contributed by atoms with Crippen LogP contribution in [-0.2, 0) is 9.53 Å². The van der Waals surface area contributed by atoms with E-state index in [0.717, 1.165) is 19.4 Å². The van der Waals surface area contributed by atoms with Gasteiger partial charge in [0.1, 0.15) is 12.1 Å². The van der Waals surface area contributed by atoms with Gasteiger partial charge in [-0.15, -0.1) is 0 Å². The lowest BCUT2D eigenvalue weighted by Crippen LogP contribution is -2.39. The lowest BCUT2D eigenvalue weighted by atomic mass is 10.3. The maximum atomic E-state index is 12.1. The first kappa shape index (κ1) is 23.7. The maximum absolute atomic E-state index is 12.1. The number of nitro groups is 1. The highest BCUT2D eigenvalue weighted by atomic mass is 35.5. The Hall–Kier alpha value is -2.93. The summed E-state index contributed by atoms with van der Waals surface area (Å²) in [6.07, 6.45) is 1.16. The summed E-state index contributed by atoms with van der Waals surface area (Å²) in [4.78, 5) is 33.0. The summed E-state index contributed by atoms with van der Waals surface area (Å²) in [7, 11) is 0. The van der Waals surface area contributed by atoms with Gasteiger partial charge < -0.3 is 14.8 Å². The van der Waals surface area contributed by atoms with Crippen LogP contribution in [0.15, 0.2) is 24.5 Å². The molecule has 1 aliphatic heterocycles. The smallest absolute Gasteiger partial charge is 0.354 e. The van der Waals surface area contributed by atoms with Crippen LogP contribution < -0.4 is 20.9 Å². The van der Waals surface area contributed by atoms with Gasteiger partial charge in [0.2, 0.25) is 11.6 Å². The van der Waals surface area contributed by atoms with Crippen LogP contribution in [0.5, 0.6) is 5.75 Å². The third kappa shape index (κ3) is 6.79. The van der Waals surface area contributed by atoms with E-state index in [9.17, 15) is 14.9 Å². The zero-order valence-corrected chi connectivity index (χ0v) is 18.4. The van der Waals surface area contributed by atoms with E-state index in [-0.39, 0.29) is 22.4 Å². The summed E-state index contributed by atoms with van der Waals surface area (Å²) >= 11 is 11.8. The van der Waals surface area contributed by atoms with Crippen molar-refractivity contribution in [2.75, 3.05) is 56.7 Å². The van der Waals surface area contributed by atoms with E-state index in [2.05, 4.69) is 31.0 Å². The summed E-state index contributed by atoms with van der Waals surface area (Å²) in [5.41, 5.74) is 4.35. The lowest BCUT2D eigenvalue weighted by Gasteiger charge is -2.26. The third-order valence-corrected chi connectivity index (χ3v) is 4.93. The van der Waals surface area contributed by atoms with Crippen LogP contribution in [0.2, 0.25) is 10.0 Å². The molecule has 1 aliphatic rings. The Morgan fingerprint density at radius 1 is 1.25 bits per heavy atom. The molecule has 2 aromatic rings. The van der Waals surface area contributed by atoms with Crippen LogP contribution in [0, 0.1) is 10.1 Å². The summed E-state index contributed by atoms with van der Waals surface area (Å²) in [6, 6.07) is 4.57. The molecule has 0 unspecified atom stereocenters. The van der Waals surface area contributed by atoms with Crippen molar-refractivity contribution in [3.63, 3.8) is 0 Å². The number of benzene rings is 1. The number of anilines is 2. The Morgan fingerprint density at radius 2 is 2.00 bits per heavy atom. The second kappa shape index (κ2) is 11.6. The number of ether oxygens (including phenoxy) is 2. The molecule has 0 spiro atoms. The average Bonchev–Trinajstić information content (AvgIpc) is 2.77. The molecular formula is C18H21Cl2N7O5. The Bertz CT molecular complexity index is 959. The fraction of sp³-hybridized carbons (Fsp3) is 0.389. The highest BCUT2D eigenvalue weighted by Crippen LogP contribution is 2.29. The van der Waals surface area contributed by atoms with E-state index >= 15 is 0 Å². The topological polar surface area (TPSA) is 144 Å². The van der Waals surface area contributed by atoms with Crippen molar-refractivity contribution in [2.45, 2.75) is 0 Å². The molecule has 1 fully saturated rings. The molecule has 12 nitrogen and oxygen atoms in total. The monoisotopic (exact) mass is 485 g/mol. The molecule has 0 radical (unpaired) electrons. The number of carbonyl (C=O) groups excluding carboxylic acids is 1. The molecule has 3 rings (SSSR count). The molecule has 172 valence electrons. The number of carbonyl (C=O) groups is 1. The van der Waals surface area contributed by atoms with Gasteiger partial charge in [0.25, 0.3) is 5.91 Å². The van der Waals surface area contributed by atoms with Crippen molar-refractivity contribution >= 4 is 46.4 Å². The van der Waals surface area contributed by atoms with E-state index in [0.29, 0.717) is 31.3 Å². The second-order valence-electron chi connectivity index (χ2n) is 6.59. The zero-order chi connectivity index (χ0) is 22.9. The van der Waals surface area contributed by atoms with Crippen LogP contribution in [0.3, 0.4) is 0 Å². The van der Waals surface area contributed by atoms with Gasteiger partial charge in [-0.1, -0.05) is 23.2 Å². The molecule has 0 atom stereocenters. The van der Waals surface area contributed by atoms with E-state index in [1.165, 1.54) is 12.1 Å². The fourth-order valence-electron chi connectivity index (χ4n) is 2.83. The summed E-state index contributed by atoms with van der Waals surface area (Å²) < 4.78 is 10.6. The number of rotatable bonds is 10. The number of halogens is 2. The number of aromatic nitrogens is 2. The van der Waals surface area contributed by atoms with Crippen LogP contribution in [0.25, 0.3) is 0 Å². The van der Waals surface area contributed by atoms with Crippen molar-refractivity contribution < 1.29 is 19.2 Å². The SMILES string of the molecule is O=C(COc1ccc(Cl)cc1Cl)NNc1ncnc(NCCN2CCOCC2)c1[N+](=O)[O-]. The fourth-order valence-corrected chi connectivity index (χ4v) is 3.29. The highest BCUT2D eigenvalue weighted by molar-refractivity contribution is 6.35. The van der Waals surface area contributed by atoms with Gasteiger partial charge in [-0.2, -0.15) is 0 Å². The molecule has 0 aliphatic carbocycles. The predicted octanol–water partition coefficient (Wildman–Crippen LogP) is 1.96. The van der Waals surface area contributed by atoms with Crippen molar-refractivity contribution in [3.05, 3.63) is 44.7 Å². The number of nitrogens with one attached hydrogen (secondary N) is 3. The molecule has 1 saturated heterocycles. The number of hydrogen-bond donors (Lipinski definition) is 3. The van der Waals surface area contributed by atoms with Gasteiger partial charge in [0.05, 0.1) is 23.2 Å². The van der Waals surface area contributed by atoms with Crippen LogP contribution in [-0.4, -0.2) is 71.7 Å². The average molecular weight is 486 g/mol. The quantitative estimate of drug-likeness (QED) is 0.337. The highest BCUT2D eigenvalue weighted by Gasteiger charge is 2.23. The first-order chi connectivity index (χ1) is 15.4. The Labute approximate surface area is 193 Å². The molecule has 1 aromatic heterocycles. The van der Waals surface area contributed by atoms with E-state index < -0.39 is 23.1 Å². The predicted molar refractivity (Wildman–Crippen MR) is 118 cm³/mol. The van der Waals surface area contributed by atoms with E-state index in [4.69, 9.17) is 32.7 Å². The van der Waals surface area contributed by atoms with Gasteiger partial charge >= 0.3 is 5.69 Å². The first-order valence-electron chi connectivity index (χ1n) is 9.60. The Kier molecular flexibility index (Phi) is 8.62. The number of hydrazine groups is 1. The van der Waals surface area contributed by atoms with Crippen LogP contribution >= 0.6 is 23.2 Å². The van der Waals surface area contributed by atoms with Crippen molar-refractivity contribution in [1.29, 1.82) is 0 Å². The van der Waals surface area contributed by atoms with E-state index in [1.54, 1.807) is 6.07 Å². The zero-order valence-electron chi connectivity index (χ0n) is 16.8. The third-order valence-electron chi connectivity index (χ3n) is 4.40. The number of amides is 1. The minimum Gasteiger partial charge on any atom is -0.482 e. The molecule has 3 N–H and O–H groups in total. The van der Waals surface area contributed by atoms with Gasteiger partial charge in [0.15, 0.2) is 6.61 Å². The standard InChI is InChI=1S/C18H21Cl2N7O5/c19-12-1-2-14(13(20)9-12)32-10-15(28)24-25-18-16(27(29)30)17(22-11-23-18)21-3-4-26-5-7-31-8-6-26/h1-2,9,11H,3-8,10H2,(H,24,28)(H2,21,22,23,25). The molecule has 1 aromatic carbocycles. The molecule has 0 bridgehead atoms. The number of morpholine rings is 1. The number of nitrogens with zero attached hydrogens (tertiary/aromatic N) is 4. The Morgan fingerprint density at radius 3 is 2.72 bits per heavy atom. The molecule has 2 heterocycles. The van der Waals surface area contributed by atoms with Crippen molar-refractivity contribution in [3.8, 4) is 5.75 Å². The Balaban J connectivity index is 1.55. The number of hydrogen-bond acceptors (Lipinski definition) is 10. The van der Waals surface area contributed by atoms with Crippen molar-refractivity contribution in [1.82, 2.24) is 20.3 Å². The molecule has 14 heteroatoms. The normalized spacial score (nSPS) is 13.9. The largest absolute Gasteiger partial charge is 0.482 e. The molecule has 0 saturated carbocycles. The molecular weight excluding hydrogens is 465 g/mol. The summed E-state index contributed by atoms with van der Waals surface area (Å²) in [5.74, 6) is -0.465. The summed E-state index contributed by atoms with van der Waals surface area (Å²) in [6.45, 7) is 3.65. The van der Waals surface area contributed by atoms with Crippen LogP contribution in [0.4, 0.5) is 17.3 Å². The van der Waals surface area contributed by atoms with Gasteiger partial charge in [0, 0.05) is 31.2 Å². The summed E-state index contributed by atoms with van der Waals surface area (Å²) in [5, 5.41) is 15.2. The minimum absolute atomic E-state index is 0.0409. The first-order valence-corrected chi connectivity index (χ1v) is 10.4. The second-order valence-corrected chi connectivity index (χ2v) is 7.44. The van der Waals surface area contributed by atoms with Gasteiger partial charge in [-0.25, -0.2) is 9.97 Å². The molecule has 32 heavy (non-hydrogen) atoms.